The standard InChI is InChI=1S/C29H32N4O5S3/c1-19-16-24-25(17-20(19)2)39-29(31-24)33(21(3)23-8-7-13-30-18-23)28(34)22-11-14-32(15-12-22)41(37,38)27-10-6-5-9-26(27)40(4,35)36/h5-10,13,16-18,21-22H,11-12,14-15H2,1-4H3. The number of anilines is 1. The maximum absolute atomic E-state index is 14.2. The molecule has 0 spiro atoms. The molecule has 216 valence electrons. The lowest BCUT2D eigenvalue weighted by atomic mass is 9.95. The molecule has 41 heavy (non-hydrogen) atoms. The minimum absolute atomic E-state index is 0.101. The van der Waals surface area contributed by atoms with Gasteiger partial charge >= 0.3 is 0 Å². The first kappa shape index (κ1) is 29.3. The second-order valence-corrected chi connectivity index (χ2v) is 15.4. The molecule has 0 saturated carbocycles. The van der Waals surface area contributed by atoms with E-state index in [4.69, 9.17) is 4.98 Å². The Morgan fingerprint density at radius 1 is 1.00 bits per heavy atom. The summed E-state index contributed by atoms with van der Waals surface area (Å²) in [5.41, 5.74) is 3.97. The van der Waals surface area contributed by atoms with Gasteiger partial charge in [0.05, 0.1) is 21.2 Å². The van der Waals surface area contributed by atoms with Crippen molar-refractivity contribution in [3.8, 4) is 0 Å². The molecule has 1 unspecified atom stereocenters. The lowest BCUT2D eigenvalue weighted by Crippen LogP contribution is -2.45. The smallest absolute Gasteiger partial charge is 0.244 e. The second kappa shape index (κ2) is 11.2. The topological polar surface area (TPSA) is 118 Å². The predicted molar refractivity (Wildman–Crippen MR) is 160 cm³/mol. The molecular weight excluding hydrogens is 581 g/mol. The number of sulfone groups is 1. The van der Waals surface area contributed by atoms with Gasteiger partial charge < -0.3 is 0 Å². The molecule has 1 saturated heterocycles. The van der Waals surface area contributed by atoms with Crippen LogP contribution in [-0.2, 0) is 24.7 Å². The number of sulfonamides is 1. The van der Waals surface area contributed by atoms with Gasteiger partial charge in [-0.05, 0) is 80.6 Å². The number of carbonyl (C=O) groups is 1. The summed E-state index contributed by atoms with van der Waals surface area (Å²) in [6.07, 6.45) is 5.02. The van der Waals surface area contributed by atoms with Crippen LogP contribution in [0.4, 0.5) is 5.13 Å². The number of nitrogens with zero attached hydrogens (tertiary/aromatic N) is 4. The van der Waals surface area contributed by atoms with E-state index in [1.807, 2.05) is 39.0 Å². The number of hydrogen-bond acceptors (Lipinski definition) is 8. The number of benzene rings is 2. The highest BCUT2D eigenvalue weighted by Gasteiger charge is 2.38. The SMILES string of the molecule is Cc1cc2nc(N(C(=O)C3CCN(S(=O)(=O)c4ccccc4S(C)(=O)=O)CC3)C(C)c3cccnc3)sc2cc1C. The number of hydrogen-bond donors (Lipinski definition) is 0. The van der Waals surface area contributed by atoms with Gasteiger partial charge in [-0.2, -0.15) is 4.31 Å². The van der Waals surface area contributed by atoms with Crippen molar-refractivity contribution in [1.29, 1.82) is 0 Å². The summed E-state index contributed by atoms with van der Waals surface area (Å²) in [6.45, 7) is 6.23. The fourth-order valence-electron chi connectivity index (χ4n) is 5.14. The maximum atomic E-state index is 14.2. The molecule has 1 aliphatic rings. The number of aryl methyl sites for hydroxylation is 2. The van der Waals surface area contributed by atoms with Crippen LogP contribution in [0.2, 0.25) is 0 Å². The molecule has 0 radical (unpaired) electrons. The van der Waals surface area contributed by atoms with Crippen molar-refractivity contribution in [1.82, 2.24) is 14.3 Å². The largest absolute Gasteiger partial charge is 0.280 e. The van der Waals surface area contributed by atoms with E-state index in [0.717, 1.165) is 33.2 Å². The first-order valence-corrected chi connectivity index (χ1v) is 17.4. The molecular formula is C29H32N4O5S3. The Labute approximate surface area is 244 Å². The molecule has 9 nitrogen and oxygen atoms in total. The van der Waals surface area contributed by atoms with Crippen molar-refractivity contribution in [2.45, 2.75) is 49.4 Å². The Kier molecular flexibility index (Phi) is 8.03. The van der Waals surface area contributed by atoms with Crippen LogP contribution in [0.25, 0.3) is 10.2 Å². The van der Waals surface area contributed by atoms with E-state index < -0.39 is 25.8 Å². The van der Waals surface area contributed by atoms with Crippen molar-refractivity contribution in [3.63, 3.8) is 0 Å². The van der Waals surface area contributed by atoms with E-state index in [1.54, 1.807) is 17.3 Å². The molecule has 1 atom stereocenters. The van der Waals surface area contributed by atoms with E-state index in [-0.39, 0.29) is 34.8 Å². The molecule has 0 bridgehead atoms. The van der Waals surface area contributed by atoms with Gasteiger partial charge in [-0.25, -0.2) is 21.8 Å². The van der Waals surface area contributed by atoms with Gasteiger partial charge in [-0.1, -0.05) is 29.5 Å². The van der Waals surface area contributed by atoms with Crippen LogP contribution in [0.5, 0.6) is 0 Å². The molecule has 3 heterocycles. The van der Waals surface area contributed by atoms with Crippen LogP contribution in [0.3, 0.4) is 0 Å². The first-order valence-electron chi connectivity index (χ1n) is 13.3. The number of piperidine rings is 1. The molecule has 1 aliphatic heterocycles. The van der Waals surface area contributed by atoms with Crippen LogP contribution in [0, 0.1) is 19.8 Å². The Balaban J connectivity index is 1.43. The van der Waals surface area contributed by atoms with Crippen LogP contribution in [-0.4, -0.2) is 56.4 Å². The van der Waals surface area contributed by atoms with E-state index in [2.05, 4.69) is 11.1 Å². The highest BCUT2D eigenvalue weighted by atomic mass is 32.2. The molecule has 2 aromatic heterocycles. The van der Waals surface area contributed by atoms with Gasteiger partial charge in [0.1, 0.15) is 4.90 Å². The summed E-state index contributed by atoms with van der Waals surface area (Å²) >= 11 is 1.46. The molecule has 1 amide bonds. The Morgan fingerprint density at radius 2 is 1.66 bits per heavy atom. The monoisotopic (exact) mass is 612 g/mol. The molecule has 5 rings (SSSR count). The van der Waals surface area contributed by atoms with Gasteiger partial charge in [0, 0.05) is 37.7 Å². The number of pyridine rings is 1. The first-order chi connectivity index (χ1) is 19.4. The Morgan fingerprint density at radius 3 is 2.29 bits per heavy atom. The normalized spacial score (nSPS) is 16.1. The quantitative estimate of drug-likeness (QED) is 0.291. The zero-order valence-corrected chi connectivity index (χ0v) is 25.8. The van der Waals surface area contributed by atoms with Gasteiger partial charge in [0.15, 0.2) is 15.0 Å². The zero-order valence-electron chi connectivity index (χ0n) is 23.3. The van der Waals surface area contributed by atoms with Crippen molar-refractivity contribution < 1.29 is 21.6 Å². The van der Waals surface area contributed by atoms with Crippen LogP contribution < -0.4 is 4.90 Å². The zero-order chi connectivity index (χ0) is 29.5. The number of amides is 1. The third kappa shape index (κ3) is 5.78. The number of thiazole rings is 1. The molecule has 4 aromatic rings. The Hall–Kier alpha value is -3.19. The maximum Gasteiger partial charge on any atom is 0.244 e. The predicted octanol–water partition coefficient (Wildman–Crippen LogP) is 4.91. The summed E-state index contributed by atoms with van der Waals surface area (Å²) in [5, 5.41) is 0.587. The lowest BCUT2D eigenvalue weighted by Gasteiger charge is -2.35. The number of carbonyl (C=O) groups excluding carboxylic acids is 1. The fourth-order valence-corrected chi connectivity index (χ4v) is 9.35. The molecule has 2 aromatic carbocycles. The van der Waals surface area contributed by atoms with Crippen LogP contribution in [0.15, 0.2) is 70.7 Å². The van der Waals surface area contributed by atoms with E-state index >= 15 is 0 Å². The number of rotatable bonds is 7. The summed E-state index contributed by atoms with van der Waals surface area (Å²) in [7, 11) is -7.82. The minimum Gasteiger partial charge on any atom is -0.280 e. The van der Waals surface area contributed by atoms with E-state index in [1.165, 1.54) is 39.9 Å². The fraction of sp³-hybridized carbons (Fsp3) is 0.345. The molecule has 0 N–H and O–H groups in total. The Bertz CT molecular complexity index is 1770. The summed E-state index contributed by atoms with van der Waals surface area (Å²) in [4.78, 5) is 24.5. The van der Waals surface area contributed by atoms with Gasteiger partial charge in [-0.15, -0.1) is 0 Å². The third-order valence-corrected chi connectivity index (χ3v) is 11.9. The number of aromatic nitrogens is 2. The molecule has 12 heteroatoms. The van der Waals surface area contributed by atoms with E-state index in [0.29, 0.717) is 18.0 Å². The lowest BCUT2D eigenvalue weighted by molar-refractivity contribution is -0.124. The third-order valence-electron chi connectivity index (χ3n) is 7.66. The van der Waals surface area contributed by atoms with Gasteiger partial charge in [0.25, 0.3) is 0 Å². The second-order valence-electron chi connectivity index (χ2n) is 10.5. The number of fused-ring (bicyclic) bond motifs is 1. The van der Waals surface area contributed by atoms with Crippen LogP contribution >= 0.6 is 11.3 Å². The van der Waals surface area contributed by atoms with Gasteiger partial charge in [-0.3, -0.25) is 14.7 Å². The highest BCUT2D eigenvalue weighted by Crippen LogP contribution is 2.38. The molecule has 0 aliphatic carbocycles. The van der Waals surface area contributed by atoms with Gasteiger partial charge in [0.2, 0.25) is 15.9 Å². The highest BCUT2D eigenvalue weighted by molar-refractivity contribution is 7.93. The minimum atomic E-state index is -4.07. The van der Waals surface area contributed by atoms with Crippen molar-refractivity contribution in [2.24, 2.45) is 5.92 Å². The summed E-state index contributed by atoms with van der Waals surface area (Å²) in [6, 6.07) is 13.2. The van der Waals surface area contributed by atoms with Crippen molar-refractivity contribution in [3.05, 3.63) is 77.6 Å². The summed E-state index contributed by atoms with van der Waals surface area (Å²) < 4.78 is 53.8. The van der Waals surface area contributed by atoms with Crippen molar-refractivity contribution in [2.75, 3.05) is 24.2 Å². The summed E-state index contributed by atoms with van der Waals surface area (Å²) in [5.74, 6) is -0.552. The van der Waals surface area contributed by atoms with E-state index in [9.17, 15) is 21.6 Å². The molecule has 1 fully saturated rings. The van der Waals surface area contributed by atoms with Crippen molar-refractivity contribution >= 4 is 52.5 Å². The average molecular weight is 613 g/mol. The van der Waals surface area contributed by atoms with Crippen LogP contribution in [0.1, 0.15) is 42.5 Å². The average Bonchev–Trinajstić information content (AvgIpc) is 3.35.